The Hall–Kier alpha value is -2.31. The summed E-state index contributed by atoms with van der Waals surface area (Å²) in [6.45, 7) is 0. The highest BCUT2D eigenvalue weighted by molar-refractivity contribution is 5.32. The van der Waals surface area contributed by atoms with Crippen molar-refractivity contribution in [2.45, 2.75) is 57.8 Å². The molecule has 0 spiro atoms. The topological polar surface area (TPSA) is 71.4 Å². The van der Waals surface area contributed by atoms with Gasteiger partial charge in [0.25, 0.3) is 0 Å². The minimum atomic E-state index is 0.580. The van der Waals surface area contributed by atoms with E-state index in [0.717, 1.165) is 38.5 Å². The van der Waals surface area contributed by atoms with Crippen LogP contribution in [0.1, 0.15) is 55.2 Å². The number of unbranched alkanes of at least 4 members (excludes halogenated alkanes) is 3. The zero-order valence-corrected chi connectivity index (χ0v) is 12.4. The van der Waals surface area contributed by atoms with Gasteiger partial charge in [0.05, 0.1) is 18.2 Å². The van der Waals surface area contributed by atoms with Crippen LogP contribution in [0.4, 0.5) is 0 Å². The molecule has 0 unspecified atom stereocenters. The predicted octanol–water partition coefficient (Wildman–Crippen LogP) is 4.23. The normalized spacial score (nSPS) is 9.57. The maximum Gasteiger partial charge on any atom is 0.0621 e. The summed E-state index contributed by atoms with van der Waals surface area (Å²) in [5.41, 5.74) is 3.87. The third-order valence-electron chi connectivity index (χ3n) is 3.49. The minimum Gasteiger partial charge on any atom is -0.198 e. The smallest absolute Gasteiger partial charge is 0.0621 e. The van der Waals surface area contributed by atoms with Gasteiger partial charge in [-0.3, -0.25) is 0 Å². The van der Waals surface area contributed by atoms with Crippen LogP contribution < -0.4 is 0 Å². The quantitative estimate of drug-likeness (QED) is 0.635. The van der Waals surface area contributed by atoms with Gasteiger partial charge < -0.3 is 0 Å². The molecular weight excluding hydrogens is 258 g/mol. The van der Waals surface area contributed by atoms with Gasteiger partial charge >= 0.3 is 0 Å². The van der Waals surface area contributed by atoms with Gasteiger partial charge in [0, 0.05) is 19.3 Å². The zero-order valence-electron chi connectivity index (χ0n) is 12.4. The number of hydrogen-bond acceptors (Lipinski definition) is 3. The molecular formula is C18H21N3. The van der Waals surface area contributed by atoms with Crippen molar-refractivity contribution in [3.05, 3.63) is 34.9 Å². The average molecular weight is 279 g/mol. The fourth-order valence-electron chi connectivity index (χ4n) is 2.40. The highest BCUT2D eigenvalue weighted by Gasteiger charge is 2.05. The Labute approximate surface area is 127 Å². The van der Waals surface area contributed by atoms with Gasteiger partial charge in [0.15, 0.2) is 0 Å². The van der Waals surface area contributed by atoms with Gasteiger partial charge in [-0.25, -0.2) is 0 Å². The molecule has 0 saturated heterocycles. The van der Waals surface area contributed by atoms with E-state index in [9.17, 15) is 0 Å². The molecule has 1 rings (SSSR count). The molecule has 0 amide bonds. The van der Waals surface area contributed by atoms with Crippen molar-refractivity contribution < 1.29 is 0 Å². The van der Waals surface area contributed by atoms with Crippen LogP contribution in [0.25, 0.3) is 0 Å². The summed E-state index contributed by atoms with van der Waals surface area (Å²) >= 11 is 0. The first kappa shape index (κ1) is 16.7. The first-order valence-electron chi connectivity index (χ1n) is 7.53. The molecule has 0 N–H and O–H groups in total. The number of nitrogens with zero attached hydrogens (tertiary/aromatic N) is 3. The lowest BCUT2D eigenvalue weighted by atomic mass is 9.94. The van der Waals surface area contributed by atoms with Crippen molar-refractivity contribution in [3.63, 3.8) is 0 Å². The fourth-order valence-corrected chi connectivity index (χ4v) is 2.40. The third kappa shape index (κ3) is 6.60. The van der Waals surface area contributed by atoms with Crippen LogP contribution in [0.3, 0.4) is 0 Å². The second-order valence-electron chi connectivity index (χ2n) is 5.14. The molecule has 21 heavy (non-hydrogen) atoms. The van der Waals surface area contributed by atoms with E-state index in [1.165, 1.54) is 16.7 Å². The van der Waals surface area contributed by atoms with Crippen molar-refractivity contribution >= 4 is 0 Å². The van der Waals surface area contributed by atoms with Crippen LogP contribution in [0, 0.1) is 34.0 Å². The van der Waals surface area contributed by atoms with Gasteiger partial charge in [-0.15, -0.1) is 0 Å². The van der Waals surface area contributed by atoms with E-state index in [4.69, 9.17) is 15.8 Å². The Morgan fingerprint density at radius 2 is 1.19 bits per heavy atom. The van der Waals surface area contributed by atoms with Crippen molar-refractivity contribution in [2.75, 3.05) is 0 Å². The van der Waals surface area contributed by atoms with E-state index in [2.05, 4.69) is 36.4 Å². The van der Waals surface area contributed by atoms with Crippen LogP contribution in [-0.2, 0) is 19.3 Å². The molecule has 0 fully saturated rings. The van der Waals surface area contributed by atoms with Crippen molar-refractivity contribution in [1.82, 2.24) is 0 Å². The van der Waals surface area contributed by atoms with Crippen molar-refractivity contribution in [1.29, 1.82) is 15.8 Å². The van der Waals surface area contributed by atoms with Crippen molar-refractivity contribution in [3.8, 4) is 18.2 Å². The molecule has 0 aliphatic carbocycles. The van der Waals surface area contributed by atoms with Crippen LogP contribution in [0.5, 0.6) is 0 Å². The largest absolute Gasteiger partial charge is 0.198 e. The molecule has 3 nitrogen and oxygen atoms in total. The Balaban J connectivity index is 2.73. The average Bonchev–Trinajstić information content (AvgIpc) is 2.50. The molecule has 0 atom stereocenters. The van der Waals surface area contributed by atoms with Crippen LogP contribution in [0.15, 0.2) is 18.2 Å². The number of rotatable bonds is 9. The molecule has 0 aliphatic rings. The lowest BCUT2D eigenvalue weighted by Crippen LogP contribution is -1.98. The van der Waals surface area contributed by atoms with E-state index < -0.39 is 0 Å². The van der Waals surface area contributed by atoms with Gasteiger partial charge in [0.1, 0.15) is 0 Å². The first-order valence-corrected chi connectivity index (χ1v) is 7.53. The summed E-state index contributed by atoms with van der Waals surface area (Å²) in [5, 5.41) is 25.9. The Bertz CT molecular complexity index is 555. The van der Waals surface area contributed by atoms with E-state index in [1.807, 2.05) is 0 Å². The maximum atomic E-state index is 8.67. The molecule has 0 saturated carbocycles. The summed E-state index contributed by atoms with van der Waals surface area (Å²) < 4.78 is 0. The van der Waals surface area contributed by atoms with E-state index in [-0.39, 0.29) is 0 Å². The highest BCUT2D eigenvalue weighted by Crippen LogP contribution is 2.18. The molecule has 0 bridgehead atoms. The summed E-state index contributed by atoms with van der Waals surface area (Å²) in [5.74, 6) is 0. The second kappa shape index (κ2) is 10.5. The third-order valence-corrected chi connectivity index (χ3v) is 3.49. The van der Waals surface area contributed by atoms with Gasteiger partial charge in [-0.1, -0.05) is 18.2 Å². The Morgan fingerprint density at radius 3 is 1.76 bits per heavy atom. The van der Waals surface area contributed by atoms with E-state index in [1.54, 1.807) is 0 Å². The molecule has 0 heterocycles. The zero-order chi connectivity index (χ0) is 15.3. The molecule has 1 aromatic carbocycles. The van der Waals surface area contributed by atoms with Crippen LogP contribution in [0.2, 0.25) is 0 Å². The van der Waals surface area contributed by atoms with E-state index >= 15 is 0 Å². The second-order valence-corrected chi connectivity index (χ2v) is 5.14. The molecule has 1 aromatic rings. The number of aryl methyl sites for hydroxylation is 3. The van der Waals surface area contributed by atoms with Gasteiger partial charge in [-0.05, 0) is 55.2 Å². The number of nitriles is 3. The Kier molecular flexibility index (Phi) is 8.35. The van der Waals surface area contributed by atoms with Crippen LogP contribution >= 0.6 is 0 Å². The van der Waals surface area contributed by atoms with Crippen molar-refractivity contribution in [2.24, 2.45) is 0 Å². The summed E-state index contributed by atoms with van der Waals surface area (Å²) in [6, 6.07) is 13.0. The summed E-state index contributed by atoms with van der Waals surface area (Å²) in [7, 11) is 0. The SMILES string of the molecule is N#CCCCc1ccc(CCCC#N)c(CCCC#N)c1. The van der Waals surface area contributed by atoms with E-state index in [0.29, 0.717) is 19.3 Å². The molecule has 3 heteroatoms. The minimum absolute atomic E-state index is 0.580. The first-order chi connectivity index (χ1) is 10.3. The molecule has 0 aromatic heterocycles. The maximum absolute atomic E-state index is 8.67. The predicted molar refractivity (Wildman–Crippen MR) is 82.1 cm³/mol. The van der Waals surface area contributed by atoms with Gasteiger partial charge in [-0.2, -0.15) is 15.8 Å². The van der Waals surface area contributed by atoms with Gasteiger partial charge in [0.2, 0.25) is 0 Å². The number of benzene rings is 1. The lowest BCUT2D eigenvalue weighted by molar-refractivity contribution is 0.795. The van der Waals surface area contributed by atoms with Crippen LogP contribution in [-0.4, -0.2) is 0 Å². The fraction of sp³-hybridized carbons (Fsp3) is 0.500. The summed E-state index contributed by atoms with van der Waals surface area (Å²) in [4.78, 5) is 0. The molecule has 108 valence electrons. The Morgan fingerprint density at radius 1 is 0.667 bits per heavy atom. The standard InChI is InChI=1S/C18H21N3/c19-12-4-1-7-16-10-11-17(8-2-5-13-20)18(15-16)9-3-6-14-21/h10-11,15H,1-9H2. The summed E-state index contributed by atoms with van der Waals surface area (Å²) in [6.07, 6.45) is 7.18. The highest BCUT2D eigenvalue weighted by atomic mass is 14.2. The molecule has 0 radical (unpaired) electrons. The number of hydrogen-bond donors (Lipinski definition) is 0. The molecule has 0 aliphatic heterocycles. The monoisotopic (exact) mass is 279 g/mol. The lowest BCUT2D eigenvalue weighted by Gasteiger charge is -2.11.